The summed E-state index contributed by atoms with van der Waals surface area (Å²) >= 11 is 0. The summed E-state index contributed by atoms with van der Waals surface area (Å²) < 4.78 is 1.64. The molecule has 0 aliphatic carbocycles. The summed E-state index contributed by atoms with van der Waals surface area (Å²) in [6.07, 6.45) is 6.04. The van der Waals surface area contributed by atoms with E-state index in [1.807, 2.05) is 19.9 Å². The molecule has 8 nitrogen and oxygen atoms in total. The minimum atomic E-state index is -0.414. The molecule has 0 atom stereocenters. The van der Waals surface area contributed by atoms with Gasteiger partial charge in [0.2, 0.25) is 5.82 Å². The molecule has 0 unspecified atom stereocenters. The fourth-order valence-electron chi connectivity index (χ4n) is 1.93. The van der Waals surface area contributed by atoms with Crippen LogP contribution in [0.1, 0.15) is 22.0 Å². The van der Waals surface area contributed by atoms with Gasteiger partial charge < -0.3 is 5.32 Å². The Kier molecular flexibility index (Phi) is 3.57. The Morgan fingerprint density at radius 1 is 1.09 bits per heavy atom. The molecule has 1 N–H and O–H groups in total. The van der Waals surface area contributed by atoms with Crippen LogP contribution in [0.15, 0.2) is 36.9 Å². The van der Waals surface area contributed by atoms with Crippen molar-refractivity contribution in [2.24, 2.45) is 0 Å². The molecule has 3 rings (SSSR count). The van der Waals surface area contributed by atoms with Gasteiger partial charge in [-0.15, -0.1) is 0 Å². The summed E-state index contributed by atoms with van der Waals surface area (Å²) in [4.78, 5) is 28.1. The molecule has 1 amide bonds. The van der Waals surface area contributed by atoms with Gasteiger partial charge in [0.15, 0.2) is 0 Å². The number of aromatic nitrogens is 6. The average Bonchev–Trinajstić information content (AvgIpc) is 2.87. The number of rotatable bonds is 3. The van der Waals surface area contributed by atoms with Crippen molar-refractivity contribution >= 4 is 11.6 Å². The third kappa shape index (κ3) is 2.80. The van der Waals surface area contributed by atoms with E-state index in [0.29, 0.717) is 11.6 Å². The van der Waals surface area contributed by atoms with Crippen molar-refractivity contribution in [2.45, 2.75) is 13.8 Å². The van der Waals surface area contributed by atoms with Gasteiger partial charge in [0.25, 0.3) is 11.9 Å². The number of nitrogens with one attached hydrogen (secondary N) is 1. The van der Waals surface area contributed by atoms with Crippen molar-refractivity contribution < 1.29 is 4.79 Å². The smallest absolute Gasteiger partial charge is 0.293 e. The van der Waals surface area contributed by atoms with Crippen molar-refractivity contribution in [3.05, 3.63) is 54.1 Å². The minimum absolute atomic E-state index is 0.0881. The lowest BCUT2D eigenvalue weighted by atomic mass is 10.4. The van der Waals surface area contributed by atoms with E-state index in [1.165, 1.54) is 24.8 Å². The van der Waals surface area contributed by atoms with E-state index in [4.69, 9.17) is 0 Å². The number of anilines is 1. The lowest BCUT2D eigenvalue weighted by Gasteiger charge is -2.05. The highest BCUT2D eigenvalue weighted by Gasteiger charge is 2.10. The highest BCUT2D eigenvalue weighted by atomic mass is 16.2. The van der Waals surface area contributed by atoms with E-state index >= 15 is 0 Å². The van der Waals surface area contributed by atoms with Crippen LogP contribution in [0, 0.1) is 13.8 Å². The van der Waals surface area contributed by atoms with Crippen LogP contribution in [-0.4, -0.2) is 35.6 Å². The molecule has 110 valence electrons. The standard InChI is InChI=1S/C14H13N7O/c1-9-6-10(2)21(20-9)14-17-7-11(8-18-14)19-13(22)12-15-4-3-5-16-12/h3-8H,1-2H3,(H,19,22). The fourth-order valence-corrected chi connectivity index (χ4v) is 1.93. The minimum Gasteiger partial charge on any atom is -0.317 e. The van der Waals surface area contributed by atoms with Crippen LogP contribution >= 0.6 is 0 Å². The molecular formula is C14H13N7O. The van der Waals surface area contributed by atoms with Gasteiger partial charge in [0, 0.05) is 18.1 Å². The zero-order valence-electron chi connectivity index (χ0n) is 12.1. The van der Waals surface area contributed by atoms with Crippen molar-refractivity contribution in [3.63, 3.8) is 0 Å². The molecule has 22 heavy (non-hydrogen) atoms. The Labute approximate surface area is 126 Å². The number of hydrogen-bond donors (Lipinski definition) is 1. The second-order valence-electron chi connectivity index (χ2n) is 4.64. The summed E-state index contributed by atoms with van der Waals surface area (Å²) in [7, 11) is 0. The van der Waals surface area contributed by atoms with Crippen LogP contribution in [0.3, 0.4) is 0 Å². The second-order valence-corrected chi connectivity index (χ2v) is 4.64. The maximum Gasteiger partial charge on any atom is 0.293 e. The Balaban J connectivity index is 1.77. The van der Waals surface area contributed by atoms with E-state index in [2.05, 4.69) is 30.4 Å². The molecule has 0 aliphatic rings. The van der Waals surface area contributed by atoms with Gasteiger partial charge in [-0.1, -0.05) is 0 Å². The predicted octanol–water partition coefficient (Wildman–Crippen LogP) is 1.32. The first-order chi connectivity index (χ1) is 10.6. The predicted molar refractivity (Wildman–Crippen MR) is 78.6 cm³/mol. The van der Waals surface area contributed by atoms with E-state index in [1.54, 1.807) is 10.7 Å². The number of nitrogens with zero attached hydrogens (tertiary/aromatic N) is 6. The lowest BCUT2D eigenvalue weighted by molar-refractivity contribution is 0.101. The normalized spacial score (nSPS) is 10.5. The Morgan fingerprint density at radius 2 is 1.77 bits per heavy atom. The third-order valence-corrected chi connectivity index (χ3v) is 2.86. The Hall–Kier alpha value is -3.16. The van der Waals surface area contributed by atoms with Crippen LogP contribution in [0.25, 0.3) is 5.95 Å². The second kappa shape index (κ2) is 5.68. The van der Waals surface area contributed by atoms with E-state index in [9.17, 15) is 4.79 Å². The first kappa shape index (κ1) is 13.8. The maximum atomic E-state index is 11.9. The molecule has 0 fully saturated rings. The molecule has 0 spiro atoms. The number of aryl methyl sites for hydroxylation is 2. The van der Waals surface area contributed by atoms with Crippen molar-refractivity contribution in [1.82, 2.24) is 29.7 Å². The van der Waals surface area contributed by atoms with Crippen LogP contribution in [0.4, 0.5) is 5.69 Å². The number of amides is 1. The number of hydrogen-bond acceptors (Lipinski definition) is 6. The van der Waals surface area contributed by atoms with Crippen LogP contribution in [0.2, 0.25) is 0 Å². The highest BCUT2D eigenvalue weighted by molar-refractivity contribution is 6.01. The molecule has 0 aliphatic heterocycles. The topological polar surface area (TPSA) is 98.5 Å². The van der Waals surface area contributed by atoms with E-state index < -0.39 is 5.91 Å². The molecule has 0 saturated carbocycles. The van der Waals surface area contributed by atoms with E-state index in [-0.39, 0.29) is 5.82 Å². The van der Waals surface area contributed by atoms with Gasteiger partial charge in [-0.3, -0.25) is 4.79 Å². The van der Waals surface area contributed by atoms with Crippen molar-refractivity contribution in [3.8, 4) is 5.95 Å². The average molecular weight is 295 g/mol. The van der Waals surface area contributed by atoms with Gasteiger partial charge in [-0.05, 0) is 26.0 Å². The Bertz CT molecular complexity index is 796. The zero-order chi connectivity index (χ0) is 15.5. The van der Waals surface area contributed by atoms with Gasteiger partial charge in [-0.2, -0.15) is 5.10 Å². The summed E-state index contributed by atoms with van der Waals surface area (Å²) in [5, 5.41) is 6.94. The molecule has 0 bridgehead atoms. The first-order valence-corrected chi connectivity index (χ1v) is 6.57. The van der Waals surface area contributed by atoms with Gasteiger partial charge >= 0.3 is 0 Å². The Morgan fingerprint density at radius 3 is 2.36 bits per heavy atom. The summed E-state index contributed by atoms with van der Waals surface area (Å²) in [5.41, 5.74) is 2.29. The van der Waals surface area contributed by atoms with Gasteiger partial charge in [0.05, 0.1) is 23.8 Å². The molecule has 3 aromatic rings. The molecular weight excluding hydrogens is 282 g/mol. The van der Waals surface area contributed by atoms with Crippen molar-refractivity contribution in [2.75, 3.05) is 5.32 Å². The number of carbonyl (C=O) groups excluding carboxylic acids is 1. The molecule has 0 aromatic carbocycles. The zero-order valence-corrected chi connectivity index (χ0v) is 12.1. The van der Waals surface area contributed by atoms with Crippen LogP contribution < -0.4 is 5.32 Å². The summed E-state index contributed by atoms with van der Waals surface area (Å²) in [6, 6.07) is 3.58. The molecule has 3 heterocycles. The van der Waals surface area contributed by atoms with Gasteiger partial charge in [0.1, 0.15) is 0 Å². The maximum absolute atomic E-state index is 11.9. The highest BCUT2D eigenvalue weighted by Crippen LogP contribution is 2.10. The van der Waals surface area contributed by atoms with E-state index in [0.717, 1.165) is 11.4 Å². The van der Waals surface area contributed by atoms with Crippen LogP contribution in [0.5, 0.6) is 0 Å². The lowest BCUT2D eigenvalue weighted by Crippen LogP contribution is -2.16. The monoisotopic (exact) mass is 295 g/mol. The third-order valence-electron chi connectivity index (χ3n) is 2.86. The quantitative estimate of drug-likeness (QED) is 0.782. The molecule has 3 aromatic heterocycles. The fraction of sp³-hybridized carbons (Fsp3) is 0.143. The number of carbonyl (C=O) groups is 1. The molecule has 0 radical (unpaired) electrons. The largest absolute Gasteiger partial charge is 0.317 e. The molecule has 0 saturated heterocycles. The SMILES string of the molecule is Cc1cc(C)n(-c2ncc(NC(=O)c3ncccn3)cn2)n1. The summed E-state index contributed by atoms with van der Waals surface area (Å²) in [6.45, 7) is 3.82. The van der Waals surface area contributed by atoms with Crippen LogP contribution in [-0.2, 0) is 0 Å². The first-order valence-electron chi connectivity index (χ1n) is 6.57. The van der Waals surface area contributed by atoms with Crippen molar-refractivity contribution in [1.29, 1.82) is 0 Å². The molecule has 8 heteroatoms. The van der Waals surface area contributed by atoms with Gasteiger partial charge in [-0.25, -0.2) is 24.6 Å². The summed E-state index contributed by atoms with van der Waals surface area (Å²) in [5.74, 6) is 0.118.